The lowest BCUT2D eigenvalue weighted by molar-refractivity contribution is -0.159. The molecular formula is C15H12BrF3N2O3. The van der Waals surface area contributed by atoms with Crippen molar-refractivity contribution in [3.05, 3.63) is 35.7 Å². The predicted octanol–water partition coefficient (Wildman–Crippen LogP) is 3.61. The third kappa shape index (κ3) is 3.72. The zero-order chi connectivity index (χ0) is 18.1. The maximum Gasteiger partial charge on any atom is 0.471 e. The number of rotatable bonds is 5. The molecule has 9 heteroatoms. The van der Waals surface area contributed by atoms with Crippen LogP contribution in [0.15, 0.2) is 28.8 Å². The van der Waals surface area contributed by atoms with Crippen LogP contribution in [0.1, 0.15) is 25.3 Å². The summed E-state index contributed by atoms with van der Waals surface area (Å²) in [6.07, 6.45) is -4.58. The third-order valence-corrected chi connectivity index (χ3v) is 4.84. The summed E-state index contributed by atoms with van der Waals surface area (Å²) >= 11 is 3.18. The zero-order valence-corrected chi connectivity index (χ0v) is 14.2. The fourth-order valence-electron chi connectivity index (χ4n) is 2.01. The first-order chi connectivity index (χ1) is 11.0. The molecule has 0 bridgehead atoms. The van der Waals surface area contributed by atoms with Crippen molar-refractivity contribution in [3.63, 3.8) is 0 Å². The first-order valence-electron chi connectivity index (χ1n) is 6.75. The molecule has 0 atom stereocenters. The predicted molar refractivity (Wildman–Crippen MR) is 81.5 cm³/mol. The molecular weight excluding hydrogens is 393 g/mol. The van der Waals surface area contributed by atoms with Gasteiger partial charge in [-0.15, -0.1) is 0 Å². The van der Waals surface area contributed by atoms with Crippen molar-refractivity contribution in [1.82, 2.24) is 10.1 Å². The lowest BCUT2D eigenvalue weighted by Crippen LogP contribution is -2.39. The van der Waals surface area contributed by atoms with Gasteiger partial charge in [0.25, 0.3) is 0 Å². The molecule has 1 aromatic carbocycles. The molecule has 0 aliphatic rings. The summed E-state index contributed by atoms with van der Waals surface area (Å²) in [4.78, 5) is 26.7. The highest BCUT2D eigenvalue weighted by Gasteiger charge is 2.39. The second kappa shape index (κ2) is 6.46. The van der Waals surface area contributed by atoms with E-state index < -0.39 is 16.4 Å². The van der Waals surface area contributed by atoms with Crippen molar-refractivity contribution >= 4 is 27.5 Å². The van der Waals surface area contributed by atoms with Crippen molar-refractivity contribution in [2.75, 3.05) is 0 Å². The number of ketones is 2. The van der Waals surface area contributed by atoms with E-state index >= 15 is 0 Å². The quantitative estimate of drug-likeness (QED) is 0.562. The van der Waals surface area contributed by atoms with E-state index in [2.05, 4.69) is 30.6 Å². The van der Waals surface area contributed by atoms with Gasteiger partial charge in [-0.1, -0.05) is 45.4 Å². The molecule has 0 saturated heterocycles. The van der Waals surface area contributed by atoms with Gasteiger partial charge in [-0.3, -0.25) is 9.59 Å². The van der Waals surface area contributed by atoms with Gasteiger partial charge >= 0.3 is 12.1 Å². The van der Waals surface area contributed by atoms with Gasteiger partial charge in [0.05, 0.1) is 0 Å². The van der Waals surface area contributed by atoms with Crippen molar-refractivity contribution in [2.24, 2.45) is 0 Å². The van der Waals surface area contributed by atoms with Crippen LogP contribution in [0.25, 0.3) is 11.4 Å². The summed E-state index contributed by atoms with van der Waals surface area (Å²) in [6, 6.07) is 6.16. The van der Waals surface area contributed by atoms with Gasteiger partial charge in [-0.25, -0.2) is 0 Å². The minimum absolute atomic E-state index is 0.123. The van der Waals surface area contributed by atoms with Crippen molar-refractivity contribution in [2.45, 2.75) is 30.8 Å². The summed E-state index contributed by atoms with van der Waals surface area (Å²) in [7, 11) is 0. The normalized spacial score (nSPS) is 12.2. The van der Waals surface area contributed by atoms with Crippen LogP contribution in [-0.4, -0.2) is 26.0 Å². The van der Waals surface area contributed by atoms with Crippen molar-refractivity contribution < 1.29 is 27.3 Å². The first kappa shape index (κ1) is 18.3. The van der Waals surface area contributed by atoms with E-state index in [9.17, 15) is 22.8 Å². The van der Waals surface area contributed by atoms with Crippen LogP contribution in [-0.2, 0) is 22.2 Å². The lowest BCUT2D eigenvalue weighted by Gasteiger charge is -2.21. The number of carbonyl (C=O) groups is 2. The van der Waals surface area contributed by atoms with Crippen molar-refractivity contribution in [1.29, 1.82) is 0 Å². The molecule has 24 heavy (non-hydrogen) atoms. The highest BCUT2D eigenvalue weighted by atomic mass is 79.9. The number of halogens is 4. The molecule has 0 N–H and O–H groups in total. The Hall–Kier alpha value is -2.03. The van der Waals surface area contributed by atoms with Crippen LogP contribution < -0.4 is 0 Å². The van der Waals surface area contributed by atoms with E-state index in [1.54, 1.807) is 12.1 Å². The molecule has 0 aliphatic carbocycles. The monoisotopic (exact) mass is 404 g/mol. The van der Waals surface area contributed by atoms with Gasteiger partial charge in [0, 0.05) is 12.0 Å². The average Bonchev–Trinajstić information content (AvgIpc) is 2.97. The van der Waals surface area contributed by atoms with Crippen LogP contribution in [0.5, 0.6) is 0 Å². The van der Waals surface area contributed by atoms with E-state index in [0.717, 1.165) is 0 Å². The van der Waals surface area contributed by atoms with E-state index in [0.29, 0.717) is 11.1 Å². The summed E-state index contributed by atoms with van der Waals surface area (Å²) in [5, 5.41) is 3.29. The number of Topliss-reactive ketones (excluding diaryl/α,β-unsaturated/α-hetero) is 2. The summed E-state index contributed by atoms with van der Waals surface area (Å²) in [6.45, 7) is 2.62. The second-order valence-electron chi connectivity index (χ2n) is 5.21. The van der Waals surface area contributed by atoms with Gasteiger partial charge in [0.1, 0.15) is 4.32 Å². The second-order valence-corrected chi connectivity index (χ2v) is 6.56. The van der Waals surface area contributed by atoms with Gasteiger partial charge < -0.3 is 4.52 Å². The van der Waals surface area contributed by atoms with E-state index in [1.165, 1.54) is 26.0 Å². The molecule has 1 heterocycles. The SMILES string of the molecule is CC(=O)C(Br)(Cc1ccc(-c2noc(C(F)(F)F)n2)cc1)C(C)=O. The minimum atomic E-state index is -4.70. The maximum atomic E-state index is 12.5. The summed E-state index contributed by atoms with van der Waals surface area (Å²) < 4.78 is 40.2. The molecule has 0 unspecified atom stereocenters. The lowest BCUT2D eigenvalue weighted by atomic mass is 9.92. The topological polar surface area (TPSA) is 73.1 Å². The number of hydrogen-bond acceptors (Lipinski definition) is 5. The molecule has 0 fully saturated rings. The molecule has 128 valence electrons. The van der Waals surface area contributed by atoms with E-state index in [-0.39, 0.29) is 23.8 Å². The molecule has 0 radical (unpaired) electrons. The minimum Gasteiger partial charge on any atom is -0.329 e. The Kier molecular flexibility index (Phi) is 4.93. The largest absolute Gasteiger partial charge is 0.471 e. The van der Waals surface area contributed by atoms with Crippen molar-refractivity contribution in [3.8, 4) is 11.4 Å². The molecule has 0 saturated carbocycles. The molecule has 2 rings (SSSR count). The Morgan fingerprint density at radius 2 is 1.67 bits per heavy atom. The Morgan fingerprint density at radius 1 is 1.12 bits per heavy atom. The van der Waals surface area contributed by atoms with Gasteiger partial charge in [0.2, 0.25) is 5.82 Å². The standard InChI is InChI=1S/C15H12BrF3N2O3/c1-8(22)14(16,9(2)23)7-10-3-5-11(6-4-10)12-20-13(24-21-12)15(17,18)19/h3-6H,7H2,1-2H3. The molecule has 0 aliphatic heterocycles. The molecule has 2 aromatic rings. The van der Waals surface area contributed by atoms with Gasteiger partial charge in [-0.05, 0) is 19.4 Å². The number of aromatic nitrogens is 2. The molecule has 1 aromatic heterocycles. The number of alkyl halides is 4. The fraction of sp³-hybridized carbons (Fsp3) is 0.333. The highest BCUT2D eigenvalue weighted by molar-refractivity contribution is 9.10. The number of carbonyl (C=O) groups excluding carboxylic acids is 2. The van der Waals surface area contributed by atoms with Crippen LogP contribution in [0, 0.1) is 0 Å². The third-order valence-electron chi connectivity index (χ3n) is 3.44. The van der Waals surface area contributed by atoms with Crippen LogP contribution in [0.2, 0.25) is 0 Å². The van der Waals surface area contributed by atoms with Gasteiger partial charge in [-0.2, -0.15) is 18.2 Å². The fourth-order valence-corrected chi connectivity index (χ4v) is 2.33. The Bertz CT molecular complexity index is 755. The molecule has 0 spiro atoms. The smallest absolute Gasteiger partial charge is 0.329 e. The Balaban J connectivity index is 2.24. The van der Waals surface area contributed by atoms with E-state index in [4.69, 9.17) is 0 Å². The molecule has 5 nitrogen and oxygen atoms in total. The maximum absolute atomic E-state index is 12.5. The van der Waals surface area contributed by atoms with Crippen LogP contribution >= 0.6 is 15.9 Å². The Labute approximate surface area is 143 Å². The van der Waals surface area contributed by atoms with Crippen LogP contribution in [0.3, 0.4) is 0 Å². The van der Waals surface area contributed by atoms with E-state index in [1.807, 2.05) is 0 Å². The van der Waals surface area contributed by atoms with Gasteiger partial charge in [0.15, 0.2) is 11.6 Å². The highest BCUT2D eigenvalue weighted by Crippen LogP contribution is 2.30. The van der Waals surface area contributed by atoms with Crippen LogP contribution in [0.4, 0.5) is 13.2 Å². The number of hydrogen-bond donors (Lipinski definition) is 0. The number of nitrogens with zero attached hydrogens (tertiary/aromatic N) is 2. The Morgan fingerprint density at radius 3 is 2.08 bits per heavy atom. The molecule has 0 amide bonds. The zero-order valence-electron chi connectivity index (χ0n) is 12.6. The number of benzene rings is 1. The average molecular weight is 405 g/mol. The first-order valence-corrected chi connectivity index (χ1v) is 7.54. The summed E-state index contributed by atoms with van der Waals surface area (Å²) in [5.74, 6) is -2.27. The summed E-state index contributed by atoms with van der Waals surface area (Å²) in [5.41, 5.74) is 0.976.